The van der Waals surface area contributed by atoms with Crippen LogP contribution in [0.2, 0.25) is 0 Å². The van der Waals surface area contributed by atoms with Gasteiger partial charge in [0.2, 0.25) is 0 Å². The molecule has 0 saturated heterocycles. The molecule has 0 unspecified atom stereocenters. The van der Waals surface area contributed by atoms with Gasteiger partial charge in [-0.1, -0.05) is 18.2 Å². The van der Waals surface area contributed by atoms with Crippen molar-refractivity contribution in [2.45, 2.75) is 12.8 Å². The first kappa shape index (κ1) is 14.7. The van der Waals surface area contributed by atoms with Gasteiger partial charge < -0.3 is 14.6 Å². The maximum atomic E-state index is 12.1. The third kappa shape index (κ3) is 4.82. The van der Waals surface area contributed by atoms with E-state index in [-0.39, 0.29) is 6.42 Å². The van der Waals surface area contributed by atoms with Crippen molar-refractivity contribution >= 4 is 18.3 Å². The summed E-state index contributed by atoms with van der Waals surface area (Å²) in [6.07, 6.45) is -1.43. The molecule has 1 aromatic carbocycles. The molecule has 0 aliphatic carbocycles. The normalized spacial score (nSPS) is 11.5. The second-order valence-corrected chi connectivity index (χ2v) is 3.41. The summed E-state index contributed by atoms with van der Waals surface area (Å²) in [4.78, 5) is 20.9. The second-order valence-electron chi connectivity index (χ2n) is 3.41. The highest BCUT2D eigenvalue weighted by Gasteiger charge is 2.33. The lowest BCUT2D eigenvalue weighted by atomic mass is 10.1. The van der Waals surface area contributed by atoms with Gasteiger partial charge >= 0.3 is 12.3 Å². The molecular weight excluding hydrogens is 265 g/mol. The first-order valence-electron chi connectivity index (χ1n) is 5.07. The molecule has 1 N–H and O–H groups in total. The van der Waals surface area contributed by atoms with Gasteiger partial charge in [-0.05, 0) is 17.7 Å². The van der Waals surface area contributed by atoms with Crippen LogP contribution in [0.1, 0.15) is 22.3 Å². The summed E-state index contributed by atoms with van der Waals surface area (Å²) in [6.45, 7) is 0. The standard InChI is InChI=1S/C12H9F3O4/c13-12(14,15)19-10-7-8(3-1-2-6-16)4-5-9(10)11(17)18/h1,3-7H,2H2,(H,17,18). The Labute approximate surface area is 106 Å². The number of ether oxygens (including phenoxy) is 1. The zero-order chi connectivity index (χ0) is 14.5. The molecule has 0 radical (unpaired) electrons. The van der Waals surface area contributed by atoms with Gasteiger partial charge in [0.1, 0.15) is 17.6 Å². The number of hydrogen-bond acceptors (Lipinski definition) is 3. The van der Waals surface area contributed by atoms with Crippen LogP contribution >= 0.6 is 0 Å². The van der Waals surface area contributed by atoms with Gasteiger partial charge in [0.05, 0.1) is 0 Å². The number of hydrogen-bond donors (Lipinski definition) is 1. The van der Waals surface area contributed by atoms with E-state index in [9.17, 15) is 22.8 Å². The Bertz CT molecular complexity index is 506. The van der Waals surface area contributed by atoms with Gasteiger partial charge in [-0.15, -0.1) is 13.2 Å². The number of halogens is 3. The molecule has 102 valence electrons. The average Bonchev–Trinajstić information content (AvgIpc) is 2.27. The Hall–Kier alpha value is -2.31. The Morgan fingerprint density at radius 3 is 2.58 bits per heavy atom. The van der Waals surface area contributed by atoms with Gasteiger partial charge in [-0.25, -0.2) is 4.79 Å². The zero-order valence-electron chi connectivity index (χ0n) is 9.48. The number of rotatable bonds is 5. The Morgan fingerprint density at radius 1 is 1.37 bits per heavy atom. The summed E-state index contributed by atoms with van der Waals surface area (Å²) in [5.74, 6) is -2.32. The SMILES string of the molecule is O=CCC=Cc1ccc(C(=O)O)c(OC(F)(F)F)c1. The molecular formula is C12H9F3O4. The smallest absolute Gasteiger partial charge is 0.478 e. The fourth-order valence-corrected chi connectivity index (χ4v) is 1.29. The van der Waals surface area contributed by atoms with Crippen molar-refractivity contribution in [3.63, 3.8) is 0 Å². The van der Waals surface area contributed by atoms with E-state index in [1.165, 1.54) is 18.2 Å². The van der Waals surface area contributed by atoms with E-state index in [0.29, 0.717) is 11.8 Å². The van der Waals surface area contributed by atoms with Crippen molar-refractivity contribution in [2.24, 2.45) is 0 Å². The molecule has 0 fully saturated rings. The molecule has 1 aromatic rings. The number of aromatic carboxylic acids is 1. The lowest BCUT2D eigenvalue weighted by Crippen LogP contribution is -2.19. The topological polar surface area (TPSA) is 63.6 Å². The number of aldehydes is 1. The van der Waals surface area contributed by atoms with Crippen molar-refractivity contribution in [3.8, 4) is 5.75 Å². The quantitative estimate of drug-likeness (QED) is 0.838. The van der Waals surface area contributed by atoms with Crippen LogP contribution in [0.25, 0.3) is 6.08 Å². The molecule has 0 spiro atoms. The predicted molar refractivity (Wildman–Crippen MR) is 59.8 cm³/mol. The van der Waals surface area contributed by atoms with Crippen LogP contribution in [0.4, 0.5) is 13.2 Å². The molecule has 0 aliphatic heterocycles. The lowest BCUT2D eigenvalue weighted by molar-refractivity contribution is -0.274. The van der Waals surface area contributed by atoms with E-state index < -0.39 is 23.6 Å². The second kappa shape index (κ2) is 6.03. The Balaban J connectivity index is 3.11. The fraction of sp³-hybridized carbons (Fsp3) is 0.167. The van der Waals surface area contributed by atoms with Crippen LogP contribution in [-0.2, 0) is 4.79 Å². The van der Waals surface area contributed by atoms with Crippen molar-refractivity contribution in [1.29, 1.82) is 0 Å². The lowest BCUT2D eigenvalue weighted by Gasteiger charge is -2.11. The maximum Gasteiger partial charge on any atom is 0.573 e. The molecule has 0 aromatic heterocycles. The highest BCUT2D eigenvalue weighted by molar-refractivity contribution is 5.91. The summed E-state index contributed by atoms with van der Waals surface area (Å²) in [5.41, 5.74) is -0.295. The fourth-order valence-electron chi connectivity index (χ4n) is 1.29. The molecule has 1 rings (SSSR count). The molecule has 0 amide bonds. The largest absolute Gasteiger partial charge is 0.573 e. The van der Waals surface area contributed by atoms with Gasteiger partial charge in [-0.3, -0.25) is 0 Å². The first-order chi connectivity index (χ1) is 8.83. The number of benzene rings is 1. The van der Waals surface area contributed by atoms with Crippen LogP contribution in [-0.4, -0.2) is 23.7 Å². The zero-order valence-corrected chi connectivity index (χ0v) is 9.48. The molecule has 19 heavy (non-hydrogen) atoms. The maximum absolute atomic E-state index is 12.1. The van der Waals surface area contributed by atoms with Gasteiger partial charge in [0.25, 0.3) is 0 Å². The minimum atomic E-state index is -4.98. The molecule has 4 nitrogen and oxygen atoms in total. The van der Waals surface area contributed by atoms with E-state index in [0.717, 1.165) is 12.1 Å². The number of alkyl halides is 3. The van der Waals surface area contributed by atoms with E-state index in [2.05, 4.69) is 4.74 Å². The molecule has 7 heteroatoms. The predicted octanol–water partition coefficient (Wildman–Crippen LogP) is 2.89. The van der Waals surface area contributed by atoms with Crippen LogP contribution in [0, 0.1) is 0 Å². The van der Waals surface area contributed by atoms with Crippen LogP contribution in [0.5, 0.6) is 5.75 Å². The van der Waals surface area contributed by atoms with Crippen molar-refractivity contribution in [3.05, 3.63) is 35.4 Å². The summed E-state index contributed by atoms with van der Waals surface area (Å²) in [5, 5.41) is 8.76. The molecule has 0 aliphatic rings. The minimum Gasteiger partial charge on any atom is -0.478 e. The number of carboxylic acid groups (broad SMARTS) is 1. The monoisotopic (exact) mass is 274 g/mol. The summed E-state index contributed by atoms with van der Waals surface area (Å²) in [6, 6.07) is 3.26. The van der Waals surface area contributed by atoms with Gasteiger partial charge in [0, 0.05) is 6.42 Å². The number of allylic oxidation sites excluding steroid dienone is 1. The van der Waals surface area contributed by atoms with Crippen LogP contribution in [0.15, 0.2) is 24.3 Å². The minimum absolute atomic E-state index is 0.107. The van der Waals surface area contributed by atoms with Gasteiger partial charge in [-0.2, -0.15) is 0 Å². The Morgan fingerprint density at radius 2 is 2.05 bits per heavy atom. The highest BCUT2D eigenvalue weighted by Crippen LogP contribution is 2.28. The third-order valence-corrected chi connectivity index (χ3v) is 2.00. The van der Waals surface area contributed by atoms with E-state index in [1.807, 2.05) is 0 Å². The average molecular weight is 274 g/mol. The number of carboxylic acids is 1. The molecule has 0 atom stereocenters. The molecule has 0 bridgehead atoms. The summed E-state index contributed by atoms with van der Waals surface area (Å²) < 4.78 is 40.1. The van der Waals surface area contributed by atoms with E-state index in [4.69, 9.17) is 5.11 Å². The van der Waals surface area contributed by atoms with Crippen molar-refractivity contribution in [1.82, 2.24) is 0 Å². The number of carbonyl (C=O) groups excluding carboxylic acids is 1. The van der Waals surface area contributed by atoms with Gasteiger partial charge in [0.15, 0.2) is 0 Å². The van der Waals surface area contributed by atoms with E-state index in [1.54, 1.807) is 0 Å². The first-order valence-corrected chi connectivity index (χ1v) is 5.07. The van der Waals surface area contributed by atoms with Crippen molar-refractivity contribution in [2.75, 3.05) is 0 Å². The Kier molecular flexibility index (Phi) is 4.68. The highest BCUT2D eigenvalue weighted by atomic mass is 19.4. The van der Waals surface area contributed by atoms with Crippen LogP contribution in [0.3, 0.4) is 0 Å². The van der Waals surface area contributed by atoms with Crippen molar-refractivity contribution < 1.29 is 32.6 Å². The summed E-state index contributed by atoms with van der Waals surface area (Å²) >= 11 is 0. The molecule has 0 heterocycles. The number of carbonyl (C=O) groups is 2. The molecule has 0 saturated carbocycles. The van der Waals surface area contributed by atoms with E-state index >= 15 is 0 Å². The van der Waals surface area contributed by atoms with Crippen LogP contribution < -0.4 is 4.74 Å². The third-order valence-electron chi connectivity index (χ3n) is 2.00. The summed E-state index contributed by atoms with van der Waals surface area (Å²) in [7, 11) is 0.